The van der Waals surface area contributed by atoms with E-state index in [0.717, 1.165) is 30.2 Å². The van der Waals surface area contributed by atoms with Gasteiger partial charge in [0, 0.05) is 28.1 Å². The summed E-state index contributed by atoms with van der Waals surface area (Å²) in [5, 5.41) is 0. The first-order chi connectivity index (χ1) is 14.3. The van der Waals surface area contributed by atoms with Gasteiger partial charge in [0.1, 0.15) is 5.84 Å². The van der Waals surface area contributed by atoms with E-state index in [0.29, 0.717) is 29.9 Å². The van der Waals surface area contributed by atoms with Crippen molar-refractivity contribution in [2.75, 3.05) is 5.73 Å². The number of rotatable bonds is 3. The highest BCUT2D eigenvalue weighted by Crippen LogP contribution is 2.37. The van der Waals surface area contributed by atoms with Crippen molar-refractivity contribution in [1.29, 1.82) is 0 Å². The summed E-state index contributed by atoms with van der Waals surface area (Å²) in [7, 11) is 0. The minimum Gasteiger partial charge on any atom is -0.398 e. The summed E-state index contributed by atoms with van der Waals surface area (Å²) in [6.45, 7) is 0. The Morgan fingerprint density at radius 1 is 0.933 bits per heavy atom. The molecule has 0 saturated heterocycles. The number of alkyl halides is 3. The van der Waals surface area contributed by atoms with Crippen molar-refractivity contribution < 1.29 is 13.2 Å². The third-order valence-corrected chi connectivity index (χ3v) is 5.10. The van der Waals surface area contributed by atoms with E-state index >= 15 is 0 Å². The van der Waals surface area contributed by atoms with E-state index in [1.54, 1.807) is 24.3 Å². The molecule has 0 radical (unpaired) electrons. The third kappa shape index (κ3) is 3.85. The molecule has 0 saturated carbocycles. The van der Waals surface area contributed by atoms with Crippen molar-refractivity contribution in [2.45, 2.75) is 31.9 Å². The van der Waals surface area contributed by atoms with E-state index in [9.17, 15) is 13.2 Å². The van der Waals surface area contributed by atoms with Gasteiger partial charge in [-0.15, -0.1) is 0 Å². The lowest BCUT2D eigenvalue weighted by Gasteiger charge is -2.19. The summed E-state index contributed by atoms with van der Waals surface area (Å²) in [6, 6.07) is 12.3. The van der Waals surface area contributed by atoms with Crippen molar-refractivity contribution >= 4 is 17.3 Å². The van der Waals surface area contributed by atoms with Crippen LogP contribution in [0.4, 0.5) is 24.7 Å². The predicted molar refractivity (Wildman–Crippen MR) is 110 cm³/mol. The van der Waals surface area contributed by atoms with Crippen LogP contribution in [0.15, 0.2) is 53.5 Å². The zero-order valence-electron chi connectivity index (χ0n) is 16.1. The Balaban J connectivity index is 1.89. The molecule has 2 aromatic carbocycles. The number of aryl methyl sites for hydroxylation is 1. The number of benzene rings is 2. The average Bonchev–Trinajstić information content (AvgIpc) is 2.73. The third-order valence-electron chi connectivity index (χ3n) is 5.10. The summed E-state index contributed by atoms with van der Waals surface area (Å²) in [5.41, 5.74) is 13.9. The summed E-state index contributed by atoms with van der Waals surface area (Å²) >= 11 is 0. The second kappa shape index (κ2) is 7.78. The maximum atomic E-state index is 13.5. The number of aromatic nitrogens is 2. The standard InChI is InChI=1S/C22H20F3N5/c23-22(24,25)16-10-4-1-7-13(16)20-28-18-12-6-3-9-15(18)21(30-20)29-19(27)14-8-2-5-11-17(14)26/h1-2,4-5,7-8,10-11H,3,6,9,12,26H2,(H2,27,28,29,30). The quantitative estimate of drug-likeness (QED) is 0.373. The van der Waals surface area contributed by atoms with Crippen LogP contribution in [-0.2, 0) is 19.0 Å². The number of hydrogen-bond acceptors (Lipinski definition) is 4. The van der Waals surface area contributed by atoms with Gasteiger partial charge >= 0.3 is 6.18 Å². The SMILES string of the molecule is NC(=Nc1nc(-c2ccccc2C(F)(F)F)nc2c1CCCC2)c1ccccc1N. The molecule has 1 aromatic heterocycles. The molecule has 3 aromatic rings. The van der Waals surface area contributed by atoms with Gasteiger partial charge in [0.25, 0.3) is 0 Å². The number of nitrogen functional groups attached to an aromatic ring is 1. The fourth-order valence-corrected chi connectivity index (χ4v) is 3.62. The molecular weight excluding hydrogens is 391 g/mol. The fourth-order valence-electron chi connectivity index (χ4n) is 3.62. The number of nitrogens with zero attached hydrogens (tertiary/aromatic N) is 3. The zero-order valence-corrected chi connectivity index (χ0v) is 16.1. The van der Waals surface area contributed by atoms with E-state index in [-0.39, 0.29) is 17.2 Å². The first-order valence-electron chi connectivity index (χ1n) is 9.60. The first-order valence-corrected chi connectivity index (χ1v) is 9.60. The van der Waals surface area contributed by atoms with E-state index in [1.165, 1.54) is 18.2 Å². The number of para-hydroxylation sites is 1. The molecule has 30 heavy (non-hydrogen) atoms. The van der Waals surface area contributed by atoms with E-state index in [2.05, 4.69) is 15.0 Å². The molecule has 1 aliphatic carbocycles. The van der Waals surface area contributed by atoms with Gasteiger partial charge in [0.05, 0.1) is 5.56 Å². The topological polar surface area (TPSA) is 90.2 Å². The van der Waals surface area contributed by atoms with Gasteiger partial charge in [0.2, 0.25) is 0 Å². The lowest BCUT2D eigenvalue weighted by Crippen LogP contribution is -2.16. The molecule has 1 aliphatic rings. The number of halogens is 3. The van der Waals surface area contributed by atoms with Crippen LogP contribution < -0.4 is 11.5 Å². The van der Waals surface area contributed by atoms with Gasteiger partial charge in [0.15, 0.2) is 11.6 Å². The largest absolute Gasteiger partial charge is 0.417 e. The van der Waals surface area contributed by atoms with Gasteiger partial charge in [-0.05, 0) is 43.9 Å². The molecule has 8 heteroatoms. The van der Waals surface area contributed by atoms with Gasteiger partial charge in [-0.3, -0.25) is 0 Å². The number of nitrogens with two attached hydrogens (primary N) is 2. The minimum atomic E-state index is -4.52. The van der Waals surface area contributed by atoms with Crippen LogP contribution >= 0.6 is 0 Å². The Labute approximate surface area is 171 Å². The smallest absolute Gasteiger partial charge is 0.398 e. The highest BCUT2D eigenvalue weighted by Gasteiger charge is 2.34. The molecule has 1 heterocycles. The molecule has 0 atom stereocenters. The molecule has 0 aliphatic heterocycles. The molecule has 5 nitrogen and oxygen atoms in total. The normalized spacial score (nSPS) is 14.4. The molecular formula is C22H20F3N5. The molecule has 154 valence electrons. The Kier molecular flexibility index (Phi) is 5.15. The number of anilines is 1. The monoisotopic (exact) mass is 411 g/mol. The molecule has 4 N–H and O–H groups in total. The Morgan fingerprint density at radius 2 is 1.63 bits per heavy atom. The number of aliphatic imine (C=N–C) groups is 1. The first kappa shape index (κ1) is 19.9. The average molecular weight is 411 g/mol. The Morgan fingerprint density at radius 3 is 2.40 bits per heavy atom. The molecule has 0 unspecified atom stereocenters. The van der Waals surface area contributed by atoms with E-state index in [4.69, 9.17) is 11.5 Å². The van der Waals surface area contributed by atoms with Crippen molar-refractivity contribution in [3.8, 4) is 11.4 Å². The zero-order chi connectivity index (χ0) is 21.3. The Hall–Kier alpha value is -3.42. The van der Waals surface area contributed by atoms with Gasteiger partial charge < -0.3 is 11.5 Å². The number of hydrogen-bond donors (Lipinski definition) is 2. The second-order valence-electron chi connectivity index (χ2n) is 7.13. The van der Waals surface area contributed by atoms with Crippen molar-refractivity contribution in [3.05, 3.63) is 70.9 Å². The number of amidine groups is 1. The number of fused-ring (bicyclic) bond motifs is 1. The summed E-state index contributed by atoms with van der Waals surface area (Å²) < 4.78 is 40.6. The van der Waals surface area contributed by atoms with E-state index < -0.39 is 11.7 Å². The lowest BCUT2D eigenvalue weighted by atomic mass is 9.96. The summed E-state index contributed by atoms with van der Waals surface area (Å²) in [5.74, 6) is 0.457. The Bertz CT molecular complexity index is 1120. The molecule has 4 rings (SSSR count). The van der Waals surface area contributed by atoms with Crippen LogP contribution in [0.1, 0.15) is 35.2 Å². The van der Waals surface area contributed by atoms with Crippen LogP contribution in [-0.4, -0.2) is 15.8 Å². The maximum Gasteiger partial charge on any atom is 0.417 e. The molecule has 0 fully saturated rings. The predicted octanol–water partition coefficient (Wildman–Crippen LogP) is 4.66. The molecule has 0 spiro atoms. The van der Waals surface area contributed by atoms with Gasteiger partial charge in [-0.2, -0.15) is 13.2 Å². The lowest BCUT2D eigenvalue weighted by molar-refractivity contribution is -0.137. The minimum absolute atomic E-state index is 0.00356. The van der Waals surface area contributed by atoms with E-state index in [1.807, 2.05) is 0 Å². The second-order valence-corrected chi connectivity index (χ2v) is 7.13. The van der Waals surface area contributed by atoms with Crippen molar-refractivity contribution in [1.82, 2.24) is 9.97 Å². The van der Waals surface area contributed by atoms with Crippen LogP contribution in [0, 0.1) is 0 Å². The summed E-state index contributed by atoms with van der Waals surface area (Å²) in [6.07, 6.45) is -1.31. The fraction of sp³-hybridized carbons (Fsp3) is 0.227. The van der Waals surface area contributed by atoms with Crippen molar-refractivity contribution in [2.24, 2.45) is 10.7 Å². The molecule has 0 amide bonds. The maximum absolute atomic E-state index is 13.5. The van der Waals surface area contributed by atoms with Gasteiger partial charge in [-0.25, -0.2) is 15.0 Å². The molecule has 0 bridgehead atoms. The van der Waals surface area contributed by atoms with Gasteiger partial charge in [-0.1, -0.05) is 30.3 Å². The van der Waals surface area contributed by atoms with Crippen LogP contribution in [0.3, 0.4) is 0 Å². The summed E-state index contributed by atoms with van der Waals surface area (Å²) in [4.78, 5) is 13.3. The highest BCUT2D eigenvalue weighted by molar-refractivity contribution is 6.03. The highest BCUT2D eigenvalue weighted by atomic mass is 19.4. The van der Waals surface area contributed by atoms with Crippen LogP contribution in [0.2, 0.25) is 0 Å². The van der Waals surface area contributed by atoms with Crippen LogP contribution in [0.25, 0.3) is 11.4 Å². The van der Waals surface area contributed by atoms with Crippen molar-refractivity contribution in [3.63, 3.8) is 0 Å². The van der Waals surface area contributed by atoms with Crippen LogP contribution in [0.5, 0.6) is 0 Å².